The molecule has 0 aromatic rings. The molecule has 0 saturated heterocycles. The highest BCUT2D eigenvalue weighted by Crippen LogP contribution is 2.11. The monoisotopic (exact) mass is 147 g/mol. The lowest BCUT2D eigenvalue weighted by Gasteiger charge is -2.24. The molecule has 2 atom stereocenters. The maximum absolute atomic E-state index is 10.2. The molecule has 0 aliphatic rings. The minimum absolute atomic E-state index is 0.334. The third-order valence-corrected chi connectivity index (χ3v) is 1.65. The third-order valence-electron chi connectivity index (χ3n) is 1.65. The van der Waals surface area contributed by atoms with E-state index in [9.17, 15) is 9.90 Å². The summed E-state index contributed by atoms with van der Waals surface area (Å²) in [5.74, 6) is -1.17. The molecule has 0 aromatic carbocycles. The Hall–Kier alpha value is -0.610. The number of carboxylic acids is 1. The fraction of sp³-hybridized carbons (Fsp3) is 0.833. The molecule has 0 radical (unpaired) electrons. The quantitative estimate of drug-likeness (QED) is 0.505. The second-order valence-corrected chi connectivity index (χ2v) is 2.53. The minimum atomic E-state index is -1.30. The van der Waals surface area contributed by atoms with Gasteiger partial charge in [-0.3, -0.25) is 4.79 Å². The highest BCUT2D eigenvalue weighted by Gasteiger charge is 2.32. The zero-order chi connectivity index (χ0) is 8.36. The molecule has 4 heteroatoms. The standard InChI is InChI=1S/C6H13NO3/c1-3-6(2,10)4(7)5(8)9/h4,10H,3,7H2,1-2H3,(H,8,9)/t4-,6?/m0/s1. The van der Waals surface area contributed by atoms with Gasteiger partial charge in [-0.05, 0) is 13.3 Å². The van der Waals surface area contributed by atoms with Gasteiger partial charge in [0, 0.05) is 0 Å². The lowest BCUT2D eigenvalue weighted by Crippen LogP contribution is -2.50. The van der Waals surface area contributed by atoms with Gasteiger partial charge in [0.25, 0.3) is 0 Å². The van der Waals surface area contributed by atoms with Gasteiger partial charge in [0.1, 0.15) is 6.04 Å². The van der Waals surface area contributed by atoms with Crippen molar-refractivity contribution < 1.29 is 15.0 Å². The summed E-state index contributed by atoms with van der Waals surface area (Å²) in [5, 5.41) is 17.6. The maximum Gasteiger partial charge on any atom is 0.323 e. The van der Waals surface area contributed by atoms with E-state index in [1.807, 2.05) is 0 Å². The summed E-state index contributed by atoms with van der Waals surface area (Å²) >= 11 is 0. The topological polar surface area (TPSA) is 83.5 Å². The smallest absolute Gasteiger partial charge is 0.323 e. The Bertz CT molecular complexity index is 133. The molecular formula is C6H13NO3. The first-order valence-electron chi connectivity index (χ1n) is 3.12. The van der Waals surface area contributed by atoms with E-state index >= 15 is 0 Å². The van der Waals surface area contributed by atoms with E-state index in [0.717, 1.165) is 0 Å². The van der Waals surface area contributed by atoms with E-state index in [1.54, 1.807) is 6.92 Å². The molecule has 0 saturated carbocycles. The fourth-order valence-electron chi connectivity index (χ4n) is 0.486. The molecule has 0 aromatic heterocycles. The molecule has 60 valence electrons. The van der Waals surface area contributed by atoms with Crippen LogP contribution in [0.1, 0.15) is 20.3 Å². The molecular weight excluding hydrogens is 134 g/mol. The predicted octanol–water partition coefficient (Wildman–Crippen LogP) is -0.441. The molecule has 0 aliphatic heterocycles. The molecule has 0 aliphatic carbocycles. The summed E-state index contributed by atoms with van der Waals surface area (Å²) < 4.78 is 0. The zero-order valence-corrected chi connectivity index (χ0v) is 6.16. The van der Waals surface area contributed by atoms with Crippen LogP contribution in [-0.4, -0.2) is 27.8 Å². The molecule has 0 heterocycles. The Morgan fingerprint density at radius 3 is 2.30 bits per heavy atom. The van der Waals surface area contributed by atoms with Crippen molar-refractivity contribution >= 4 is 5.97 Å². The molecule has 0 amide bonds. The summed E-state index contributed by atoms with van der Waals surface area (Å²) in [6, 6.07) is -1.20. The van der Waals surface area contributed by atoms with Gasteiger partial charge < -0.3 is 15.9 Å². The molecule has 4 nitrogen and oxygen atoms in total. The summed E-state index contributed by atoms with van der Waals surface area (Å²) in [7, 11) is 0. The zero-order valence-electron chi connectivity index (χ0n) is 6.16. The molecule has 1 unspecified atom stereocenters. The summed E-state index contributed by atoms with van der Waals surface area (Å²) in [5.41, 5.74) is 3.86. The second kappa shape index (κ2) is 2.98. The lowest BCUT2D eigenvalue weighted by atomic mass is 9.95. The Kier molecular flexibility index (Phi) is 2.80. The van der Waals surface area contributed by atoms with Crippen LogP contribution in [0.2, 0.25) is 0 Å². The number of nitrogens with two attached hydrogens (primary N) is 1. The van der Waals surface area contributed by atoms with Gasteiger partial charge in [-0.15, -0.1) is 0 Å². The number of carbonyl (C=O) groups is 1. The largest absolute Gasteiger partial charge is 0.480 e. The van der Waals surface area contributed by atoms with Crippen molar-refractivity contribution in [2.24, 2.45) is 5.73 Å². The van der Waals surface area contributed by atoms with E-state index in [2.05, 4.69) is 0 Å². The average Bonchev–Trinajstić information content (AvgIpc) is 1.86. The molecule has 0 fully saturated rings. The normalized spacial score (nSPS) is 19.6. The minimum Gasteiger partial charge on any atom is -0.480 e. The summed E-state index contributed by atoms with van der Waals surface area (Å²) in [6.07, 6.45) is 0.334. The van der Waals surface area contributed by atoms with Crippen LogP contribution in [0, 0.1) is 0 Å². The average molecular weight is 147 g/mol. The second-order valence-electron chi connectivity index (χ2n) is 2.53. The molecule has 0 rings (SSSR count). The van der Waals surface area contributed by atoms with E-state index in [4.69, 9.17) is 10.8 Å². The van der Waals surface area contributed by atoms with Crippen molar-refractivity contribution in [1.82, 2.24) is 0 Å². The summed E-state index contributed by atoms with van der Waals surface area (Å²) in [4.78, 5) is 10.2. The van der Waals surface area contributed by atoms with E-state index in [0.29, 0.717) is 6.42 Å². The van der Waals surface area contributed by atoms with Crippen molar-refractivity contribution in [3.63, 3.8) is 0 Å². The van der Waals surface area contributed by atoms with Crippen molar-refractivity contribution in [3.05, 3.63) is 0 Å². The van der Waals surface area contributed by atoms with Crippen LogP contribution in [0.3, 0.4) is 0 Å². The highest BCUT2D eigenvalue weighted by atomic mass is 16.4. The maximum atomic E-state index is 10.2. The summed E-state index contributed by atoms with van der Waals surface area (Å²) in [6.45, 7) is 3.09. The van der Waals surface area contributed by atoms with Gasteiger partial charge in [-0.25, -0.2) is 0 Å². The third kappa shape index (κ3) is 1.97. The molecule has 4 N–H and O–H groups in total. The first-order chi connectivity index (χ1) is 4.41. The number of aliphatic hydroxyl groups is 1. The fourth-order valence-corrected chi connectivity index (χ4v) is 0.486. The first-order valence-corrected chi connectivity index (χ1v) is 3.12. The van der Waals surface area contributed by atoms with Gasteiger partial charge in [0.2, 0.25) is 0 Å². The Balaban J connectivity index is 4.17. The van der Waals surface area contributed by atoms with Gasteiger partial charge in [0.05, 0.1) is 5.60 Å². The van der Waals surface area contributed by atoms with Crippen molar-refractivity contribution in [1.29, 1.82) is 0 Å². The van der Waals surface area contributed by atoms with E-state index in [-0.39, 0.29) is 0 Å². The van der Waals surface area contributed by atoms with E-state index < -0.39 is 17.6 Å². The predicted molar refractivity (Wildman–Crippen MR) is 36.5 cm³/mol. The van der Waals surface area contributed by atoms with Crippen LogP contribution >= 0.6 is 0 Å². The van der Waals surface area contributed by atoms with Crippen LogP contribution in [0.4, 0.5) is 0 Å². The van der Waals surface area contributed by atoms with Crippen LogP contribution < -0.4 is 5.73 Å². The molecule has 10 heavy (non-hydrogen) atoms. The van der Waals surface area contributed by atoms with Crippen LogP contribution in [-0.2, 0) is 4.79 Å². The van der Waals surface area contributed by atoms with Gasteiger partial charge in [-0.1, -0.05) is 6.92 Å². The van der Waals surface area contributed by atoms with Crippen LogP contribution in [0.25, 0.3) is 0 Å². The molecule has 0 spiro atoms. The Morgan fingerprint density at radius 2 is 2.20 bits per heavy atom. The van der Waals surface area contributed by atoms with Crippen molar-refractivity contribution in [2.45, 2.75) is 31.9 Å². The Labute approximate surface area is 59.7 Å². The number of hydrogen-bond acceptors (Lipinski definition) is 3. The SMILES string of the molecule is CCC(C)(O)[C@@H](N)C(=O)O. The highest BCUT2D eigenvalue weighted by molar-refractivity contribution is 5.74. The van der Waals surface area contributed by atoms with E-state index in [1.165, 1.54) is 6.92 Å². The van der Waals surface area contributed by atoms with Crippen LogP contribution in [0.15, 0.2) is 0 Å². The van der Waals surface area contributed by atoms with Crippen molar-refractivity contribution in [2.75, 3.05) is 0 Å². The first kappa shape index (κ1) is 9.39. The number of aliphatic carboxylic acids is 1. The number of rotatable bonds is 3. The number of hydrogen-bond donors (Lipinski definition) is 3. The van der Waals surface area contributed by atoms with Crippen LogP contribution in [0.5, 0.6) is 0 Å². The van der Waals surface area contributed by atoms with Crippen molar-refractivity contribution in [3.8, 4) is 0 Å². The lowest BCUT2D eigenvalue weighted by molar-refractivity contribution is -0.144. The number of carboxylic acid groups (broad SMARTS) is 1. The van der Waals surface area contributed by atoms with Gasteiger partial charge in [-0.2, -0.15) is 0 Å². The van der Waals surface area contributed by atoms with Gasteiger partial charge >= 0.3 is 5.97 Å². The van der Waals surface area contributed by atoms with Gasteiger partial charge in [0.15, 0.2) is 0 Å². The Morgan fingerprint density at radius 1 is 1.80 bits per heavy atom. The molecule has 0 bridgehead atoms.